The summed E-state index contributed by atoms with van der Waals surface area (Å²) in [7, 11) is 2.62. The topological polar surface area (TPSA) is 61.5 Å². The van der Waals surface area contributed by atoms with Crippen LogP contribution >= 0.6 is 0 Å². The first-order valence-electron chi connectivity index (χ1n) is 4.75. The Kier molecular flexibility index (Phi) is 4.25. The predicted octanol–water partition coefficient (Wildman–Crippen LogP) is 0.877. The van der Waals surface area contributed by atoms with Crippen LogP contribution in [-0.4, -0.2) is 26.2 Å². The number of carbonyl (C=O) groups excluding carboxylic acids is 1. The van der Waals surface area contributed by atoms with E-state index >= 15 is 0 Å². The fraction of sp³-hybridized carbons (Fsp3) is 0.364. The van der Waals surface area contributed by atoms with Crippen molar-refractivity contribution in [3.05, 3.63) is 29.6 Å². The van der Waals surface area contributed by atoms with Crippen molar-refractivity contribution in [3.63, 3.8) is 0 Å². The van der Waals surface area contributed by atoms with Crippen LogP contribution in [0.4, 0.5) is 4.39 Å². The normalized spacial score (nSPS) is 12.0. The maximum absolute atomic E-state index is 13.3. The molecule has 0 saturated carbocycles. The number of benzene rings is 1. The minimum absolute atomic E-state index is 0.113. The molecule has 16 heavy (non-hydrogen) atoms. The molecule has 5 heteroatoms. The van der Waals surface area contributed by atoms with E-state index in [1.807, 2.05) is 0 Å². The van der Waals surface area contributed by atoms with Crippen molar-refractivity contribution in [2.45, 2.75) is 12.5 Å². The van der Waals surface area contributed by atoms with Gasteiger partial charge in [0.1, 0.15) is 6.04 Å². The Balaban J connectivity index is 2.88. The highest BCUT2D eigenvalue weighted by Crippen LogP contribution is 2.23. The molecule has 0 aliphatic rings. The van der Waals surface area contributed by atoms with Gasteiger partial charge in [-0.15, -0.1) is 0 Å². The summed E-state index contributed by atoms with van der Waals surface area (Å²) in [6.07, 6.45) is 0.174. The van der Waals surface area contributed by atoms with Gasteiger partial charge in [-0.25, -0.2) is 4.39 Å². The van der Waals surface area contributed by atoms with Gasteiger partial charge in [0, 0.05) is 6.42 Å². The van der Waals surface area contributed by atoms with Crippen LogP contribution in [0.15, 0.2) is 18.2 Å². The molecule has 88 valence electrons. The summed E-state index contributed by atoms with van der Waals surface area (Å²) < 4.78 is 22.7. The molecule has 0 unspecified atom stereocenters. The summed E-state index contributed by atoms with van der Waals surface area (Å²) in [5, 5.41) is 0. The number of carbonyl (C=O) groups is 1. The number of nitrogens with two attached hydrogens (primary N) is 1. The van der Waals surface area contributed by atoms with Crippen LogP contribution < -0.4 is 10.5 Å². The second-order valence-corrected chi connectivity index (χ2v) is 3.27. The minimum atomic E-state index is -0.819. The number of methoxy groups -OCH3 is 2. The van der Waals surface area contributed by atoms with Gasteiger partial charge in [-0.1, -0.05) is 12.1 Å². The molecule has 0 heterocycles. The molecule has 0 amide bonds. The smallest absolute Gasteiger partial charge is 0.322 e. The lowest BCUT2D eigenvalue weighted by molar-refractivity contribution is -0.142. The SMILES string of the molecule is COC(=O)[C@@H](N)Cc1cccc(F)c1OC. The zero-order chi connectivity index (χ0) is 12.1. The van der Waals surface area contributed by atoms with Gasteiger partial charge in [-0.3, -0.25) is 4.79 Å². The van der Waals surface area contributed by atoms with Crippen molar-refractivity contribution in [3.8, 4) is 5.75 Å². The number of rotatable bonds is 4. The van der Waals surface area contributed by atoms with E-state index < -0.39 is 17.8 Å². The van der Waals surface area contributed by atoms with Crippen molar-refractivity contribution < 1.29 is 18.7 Å². The molecule has 2 N–H and O–H groups in total. The summed E-state index contributed by atoms with van der Waals surface area (Å²) in [6.45, 7) is 0. The molecular weight excluding hydrogens is 213 g/mol. The highest BCUT2D eigenvalue weighted by molar-refractivity contribution is 5.75. The number of para-hydroxylation sites is 1. The Morgan fingerprint density at radius 3 is 2.75 bits per heavy atom. The first-order chi connectivity index (χ1) is 7.60. The van der Waals surface area contributed by atoms with Gasteiger partial charge < -0.3 is 15.2 Å². The van der Waals surface area contributed by atoms with E-state index in [2.05, 4.69) is 4.74 Å². The van der Waals surface area contributed by atoms with Crippen LogP contribution in [-0.2, 0) is 16.0 Å². The Bertz CT molecular complexity index is 381. The molecule has 0 bridgehead atoms. The average Bonchev–Trinajstić information content (AvgIpc) is 2.28. The quantitative estimate of drug-likeness (QED) is 0.775. The predicted molar refractivity (Wildman–Crippen MR) is 56.6 cm³/mol. The molecule has 1 aromatic rings. The monoisotopic (exact) mass is 227 g/mol. The second-order valence-electron chi connectivity index (χ2n) is 3.27. The van der Waals surface area contributed by atoms with Crippen LogP contribution in [0.25, 0.3) is 0 Å². The molecule has 0 fully saturated rings. The van der Waals surface area contributed by atoms with E-state index in [1.54, 1.807) is 6.07 Å². The molecule has 1 aromatic carbocycles. The van der Waals surface area contributed by atoms with E-state index in [4.69, 9.17) is 10.5 Å². The molecule has 0 radical (unpaired) electrons. The number of hydrogen-bond donors (Lipinski definition) is 1. The summed E-state index contributed by atoms with van der Waals surface area (Å²) in [4.78, 5) is 11.1. The molecular formula is C11H14FNO3. The van der Waals surface area contributed by atoms with Gasteiger partial charge in [0.05, 0.1) is 14.2 Å². The molecule has 0 aromatic heterocycles. The second kappa shape index (κ2) is 5.46. The minimum Gasteiger partial charge on any atom is -0.493 e. The molecule has 1 atom stereocenters. The average molecular weight is 227 g/mol. The van der Waals surface area contributed by atoms with Gasteiger partial charge >= 0.3 is 5.97 Å². The third-order valence-corrected chi connectivity index (χ3v) is 2.20. The maximum atomic E-state index is 13.3. The highest BCUT2D eigenvalue weighted by atomic mass is 19.1. The number of hydrogen-bond acceptors (Lipinski definition) is 4. The lowest BCUT2D eigenvalue weighted by Crippen LogP contribution is -2.33. The van der Waals surface area contributed by atoms with Crippen LogP contribution in [0.5, 0.6) is 5.75 Å². The Morgan fingerprint density at radius 2 is 2.19 bits per heavy atom. The summed E-state index contributed by atoms with van der Waals surface area (Å²) in [6, 6.07) is 3.66. The third kappa shape index (κ3) is 2.70. The number of esters is 1. The van der Waals surface area contributed by atoms with Gasteiger partial charge in [-0.2, -0.15) is 0 Å². The molecule has 1 rings (SSSR count). The van der Waals surface area contributed by atoms with Crippen molar-refractivity contribution in [2.75, 3.05) is 14.2 Å². The number of ether oxygens (including phenoxy) is 2. The van der Waals surface area contributed by atoms with E-state index in [-0.39, 0.29) is 12.2 Å². The van der Waals surface area contributed by atoms with E-state index in [0.717, 1.165) is 0 Å². The fourth-order valence-corrected chi connectivity index (χ4v) is 1.41. The van der Waals surface area contributed by atoms with Gasteiger partial charge in [-0.05, 0) is 11.6 Å². The Morgan fingerprint density at radius 1 is 1.50 bits per heavy atom. The van der Waals surface area contributed by atoms with E-state index in [1.165, 1.54) is 26.4 Å². The van der Waals surface area contributed by atoms with Crippen molar-refractivity contribution in [1.29, 1.82) is 0 Å². The van der Waals surface area contributed by atoms with E-state index in [9.17, 15) is 9.18 Å². The zero-order valence-corrected chi connectivity index (χ0v) is 9.20. The lowest BCUT2D eigenvalue weighted by atomic mass is 10.1. The number of halogens is 1. The summed E-state index contributed by atoms with van der Waals surface area (Å²) >= 11 is 0. The third-order valence-electron chi connectivity index (χ3n) is 2.20. The molecule has 0 saturated heterocycles. The van der Waals surface area contributed by atoms with Crippen molar-refractivity contribution >= 4 is 5.97 Å². The summed E-state index contributed by atoms with van der Waals surface area (Å²) in [5.41, 5.74) is 6.12. The van der Waals surface area contributed by atoms with Crippen LogP contribution in [0.2, 0.25) is 0 Å². The highest BCUT2D eigenvalue weighted by Gasteiger charge is 2.18. The molecule has 0 aliphatic heterocycles. The first-order valence-corrected chi connectivity index (χ1v) is 4.75. The summed E-state index contributed by atoms with van der Waals surface area (Å²) in [5.74, 6) is -0.898. The first kappa shape index (κ1) is 12.4. The fourth-order valence-electron chi connectivity index (χ4n) is 1.41. The standard InChI is InChI=1S/C11H14FNO3/c1-15-10-7(4-3-5-8(10)12)6-9(13)11(14)16-2/h3-5,9H,6,13H2,1-2H3/t9-/m0/s1. The van der Waals surface area contributed by atoms with Gasteiger partial charge in [0.2, 0.25) is 0 Å². The van der Waals surface area contributed by atoms with Gasteiger partial charge in [0.25, 0.3) is 0 Å². The molecule has 0 aliphatic carbocycles. The largest absolute Gasteiger partial charge is 0.493 e. The maximum Gasteiger partial charge on any atom is 0.322 e. The van der Waals surface area contributed by atoms with Crippen molar-refractivity contribution in [2.24, 2.45) is 5.73 Å². The Hall–Kier alpha value is -1.62. The van der Waals surface area contributed by atoms with Gasteiger partial charge in [0.15, 0.2) is 11.6 Å². The van der Waals surface area contributed by atoms with Crippen LogP contribution in [0, 0.1) is 5.82 Å². The molecule has 4 nitrogen and oxygen atoms in total. The molecule has 0 spiro atoms. The Labute approximate surface area is 93.2 Å². The van der Waals surface area contributed by atoms with Crippen molar-refractivity contribution in [1.82, 2.24) is 0 Å². The van der Waals surface area contributed by atoms with Crippen LogP contribution in [0.3, 0.4) is 0 Å². The van der Waals surface area contributed by atoms with E-state index in [0.29, 0.717) is 5.56 Å². The lowest BCUT2D eigenvalue weighted by Gasteiger charge is -2.12. The van der Waals surface area contributed by atoms with Crippen LogP contribution in [0.1, 0.15) is 5.56 Å². The zero-order valence-electron chi connectivity index (χ0n) is 9.20.